The number of ether oxygens (including phenoxy) is 2. The molecule has 10 heteroatoms. The van der Waals surface area contributed by atoms with Crippen LogP contribution in [0.15, 0.2) is 18.2 Å². The fourth-order valence-electron chi connectivity index (χ4n) is 3.71. The van der Waals surface area contributed by atoms with Crippen molar-refractivity contribution in [3.05, 3.63) is 33.8 Å². The predicted octanol–water partition coefficient (Wildman–Crippen LogP) is 2.48. The van der Waals surface area contributed by atoms with Gasteiger partial charge in [0, 0.05) is 32.6 Å². The number of carbonyl (C=O) groups excluding carboxylic acids is 2. The molecule has 1 N–H and O–H groups in total. The molecule has 31 heavy (non-hydrogen) atoms. The molecule has 2 saturated heterocycles. The number of nitrogens with zero attached hydrogens (tertiary/aromatic N) is 3. The number of nitriles is 1. The van der Waals surface area contributed by atoms with Crippen molar-refractivity contribution in [3.63, 3.8) is 0 Å². The van der Waals surface area contributed by atoms with Crippen molar-refractivity contribution in [1.29, 1.82) is 5.26 Å². The number of morpholine rings is 1. The molecule has 0 aliphatic carbocycles. The van der Waals surface area contributed by atoms with Gasteiger partial charge in [0.05, 0.1) is 29.3 Å². The Balaban J connectivity index is 1.76. The molecule has 0 saturated carbocycles. The van der Waals surface area contributed by atoms with Crippen LogP contribution in [0.5, 0.6) is 0 Å². The lowest BCUT2D eigenvalue weighted by Gasteiger charge is -2.30. The van der Waals surface area contributed by atoms with E-state index in [4.69, 9.17) is 32.7 Å². The summed E-state index contributed by atoms with van der Waals surface area (Å²) in [5, 5.41) is 13.3. The van der Waals surface area contributed by atoms with Gasteiger partial charge >= 0.3 is 6.09 Å². The van der Waals surface area contributed by atoms with E-state index >= 15 is 0 Å². The highest BCUT2D eigenvalue weighted by molar-refractivity contribution is 6.42. The van der Waals surface area contributed by atoms with Gasteiger partial charge in [-0.2, -0.15) is 5.26 Å². The fourth-order valence-corrected chi connectivity index (χ4v) is 4.03. The van der Waals surface area contributed by atoms with E-state index in [-0.39, 0.29) is 6.42 Å². The summed E-state index contributed by atoms with van der Waals surface area (Å²) in [4.78, 5) is 29.4. The lowest BCUT2D eigenvalue weighted by Crippen LogP contribution is -2.54. The second kappa shape index (κ2) is 10.5. The molecule has 0 spiro atoms. The van der Waals surface area contributed by atoms with Crippen LogP contribution in [0, 0.1) is 11.3 Å². The number of carbonyl (C=O) groups is 2. The summed E-state index contributed by atoms with van der Waals surface area (Å²) in [5.74, 6) is -0.507. The van der Waals surface area contributed by atoms with Gasteiger partial charge in [0.2, 0.25) is 0 Å². The van der Waals surface area contributed by atoms with Crippen molar-refractivity contribution in [1.82, 2.24) is 15.1 Å². The largest absolute Gasteiger partial charge is 0.436 e. The van der Waals surface area contributed by atoms with Gasteiger partial charge in [0.25, 0.3) is 5.91 Å². The number of benzene rings is 1. The highest BCUT2D eigenvalue weighted by Crippen LogP contribution is 2.25. The number of likely N-dealkylation sites (N-methyl/N-ethyl adjacent to an activating group) is 1. The number of hydrogen-bond donors (Lipinski definition) is 1. The van der Waals surface area contributed by atoms with Crippen molar-refractivity contribution in [2.45, 2.75) is 31.4 Å². The van der Waals surface area contributed by atoms with E-state index in [1.807, 2.05) is 6.92 Å². The molecule has 0 radical (unpaired) electrons. The van der Waals surface area contributed by atoms with Crippen LogP contribution in [0.3, 0.4) is 0 Å². The maximum absolute atomic E-state index is 13.2. The van der Waals surface area contributed by atoms with Gasteiger partial charge in [-0.15, -0.1) is 0 Å². The van der Waals surface area contributed by atoms with E-state index in [0.29, 0.717) is 54.9 Å². The van der Waals surface area contributed by atoms with Gasteiger partial charge < -0.3 is 24.6 Å². The van der Waals surface area contributed by atoms with E-state index < -0.39 is 23.6 Å². The van der Waals surface area contributed by atoms with Crippen LogP contribution in [-0.4, -0.2) is 79.4 Å². The first-order valence-corrected chi connectivity index (χ1v) is 11.0. The monoisotopic (exact) mass is 468 g/mol. The zero-order chi connectivity index (χ0) is 22.4. The first-order chi connectivity index (χ1) is 14.9. The van der Waals surface area contributed by atoms with E-state index in [9.17, 15) is 14.9 Å². The number of rotatable bonds is 6. The first-order valence-electron chi connectivity index (χ1n) is 10.3. The number of halogens is 2. The third-order valence-electron chi connectivity index (χ3n) is 5.58. The van der Waals surface area contributed by atoms with Crippen LogP contribution in [0.1, 0.15) is 18.9 Å². The van der Waals surface area contributed by atoms with Crippen LogP contribution in [0.2, 0.25) is 10.0 Å². The van der Waals surface area contributed by atoms with Gasteiger partial charge in [0.1, 0.15) is 5.54 Å². The summed E-state index contributed by atoms with van der Waals surface area (Å²) >= 11 is 12.1. The molecule has 2 aliphatic heterocycles. The summed E-state index contributed by atoms with van der Waals surface area (Å²) in [7, 11) is 0. The molecule has 0 aromatic heterocycles. The van der Waals surface area contributed by atoms with Crippen molar-refractivity contribution < 1.29 is 19.1 Å². The summed E-state index contributed by atoms with van der Waals surface area (Å²) in [6, 6.07) is 7.24. The number of nitrogens with one attached hydrogen (secondary N) is 1. The Morgan fingerprint density at radius 1 is 1.29 bits per heavy atom. The van der Waals surface area contributed by atoms with Gasteiger partial charge in [-0.05, 0) is 30.7 Å². The van der Waals surface area contributed by atoms with E-state index in [0.717, 1.165) is 13.1 Å². The highest BCUT2D eigenvalue weighted by atomic mass is 35.5. The topological polar surface area (TPSA) is 94.9 Å². The third kappa shape index (κ3) is 6.01. The highest BCUT2D eigenvalue weighted by Gasteiger charge is 2.41. The van der Waals surface area contributed by atoms with E-state index in [1.165, 1.54) is 4.90 Å². The molecule has 2 amide bonds. The van der Waals surface area contributed by atoms with Crippen LogP contribution < -0.4 is 5.32 Å². The molecule has 3 rings (SSSR count). The zero-order valence-corrected chi connectivity index (χ0v) is 18.9. The summed E-state index contributed by atoms with van der Waals surface area (Å²) in [5.41, 5.74) is -0.314. The minimum Gasteiger partial charge on any atom is -0.436 e. The Kier molecular flexibility index (Phi) is 8.00. The molecule has 8 nitrogen and oxygen atoms in total. The summed E-state index contributed by atoms with van der Waals surface area (Å²) < 4.78 is 10.9. The normalized spacial score (nSPS) is 22.6. The maximum atomic E-state index is 13.2. The SMILES string of the molecule is CCN1CCC(C#N)(NC(=O)[C@H](Cc2ccc(Cl)c(Cl)c2)OC(=O)N2CCOCC2)C1. The molecular weight excluding hydrogens is 443 g/mol. The quantitative estimate of drug-likeness (QED) is 0.688. The smallest absolute Gasteiger partial charge is 0.410 e. The Morgan fingerprint density at radius 3 is 2.65 bits per heavy atom. The van der Waals surface area contributed by atoms with Crippen molar-refractivity contribution in [2.75, 3.05) is 45.9 Å². The zero-order valence-electron chi connectivity index (χ0n) is 17.4. The molecular formula is C21H26Cl2N4O4. The first kappa shape index (κ1) is 23.6. The molecule has 2 atom stereocenters. The number of amides is 2. The predicted molar refractivity (Wildman–Crippen MR) is 116 cm³/mol. The Labute approximate surface area is 192 Å². The van der Waals surface area contributed by atoms with Crippen LogP contribution in [0.4, 0.5) is 4.79 Å². The average molecular weight is 469 g/mol. The molecule has 2 heterocycles. The average Bonchev–Trinajstić information content (AvgIpc) is 3.20. The van der Waals surface area contributed by atoms with Crippen molar-refractivity contribution >= 4 is 35.2 Å². The Hall–Kier alpha value is -2.05. The van der Waals surface area contributed by atoms with Crippen molar-refractivity contribution in [2.24, 2.45) is 0 Å². The minimum absolute atomic E-state index is 0.109. The Morgan fingerprint density at radius 2 is 2.03 bits per heavy atom. The van der Waals surface area contributed by atoms with Crippen molar-refractivity contribution in [3.8, 4) is 6.07 Å². The molecule has 2 fully saturated rings. The minimum atomic E-state index is -1.12. The molecule has 1 unspecified atom stereocenters. The van der Waals surface area contributed by atoms with Crippen LogP contribution in [-0.2, 0) is 20.7 Å². The second-order valence-electron chi connectivity index (χ2n) is 7.73. The van der Waals surface area contributed by atoms with Crippen LogP contribution in [0.25, 0.3) is 0 Å². The summed E-state index contributed by atoms with van der Waals surface area (Å²) in [6.45, 7) is 5.58. The van der Waals surface area contributed by atoms with E-state index in [1.54, 1.807) is 18.2 Å². The number of hydrogen-bond acceptors (Lipinski definition) is 6. The summed E-state index contributed by atoms with van der Waals surface area (Å²) in [6.07, 6.45) is -1.08. The van der Waals surface area contributed by atoms with Crippen LogP contribution >= 0.6 is 23.2 Å². The lowest BCUT2D eigenvalue weighted by molar-refractivity contribution is -0.131. The van der Waals surface area contributed by atoms with E-state index in [2.05, 4.69) is 16.3 Å². The number of likely N-dealkylation sites (tertiary alicyclic amines) is 1. The second-order valence-corrected chi connectivity index (χ2v) is 8.54. The standard InChI is InChI=1S/C21H26Cl2N4O4/c1-2-26-6-5-21(13-24,14-26)25-19(28)18(12-15-3-4-16(22)17(23)11-15)31-20(29)27-7-9-30-10-8-27/h3-4,11,18H,2,5-10,12,14H2,1H3,(H,25,28)/t18-,21?/m0/s1. The molecule has 1 aromatic carbocycles. The molecule has 0 bridgehead atoms. The molecule has 2 aliphatic rings. The van der Waals surface area contributed by atoms with Gasteiger partial charge in [-0.3, -0.25) is 4.79 Å². The van der Waals surface area contributed by atoms with Gasteiger partial charge in [-0.1, -0.05) is 36.2 Å². The Bertz CT molecular complexity index is 856. The molecule has 168 valence electrons. The molecule has 1 aromatic rings. The maximum Gasteiger partial charge on any atom is 0.410 e. The van der Waals surface area contributed by atoms with Gasteiger partial charge in [-0.25, -0.2) is 4.79 Å². The van der Waals surface area contributed by atoms with Gasteiger partial charge in [0.15, 0.2) is 6.10 Å². The fraction of sp³-hybridized carbons (Fsp3) is 0.571. The lowest BCUT2D eigenvalue weighted by atomic mass is 9.99. The third-order valence-corrected chi connectivity index (χ3v) is 6.32.